The summed E-state index contributed by atoms with van der Waals surface area (Å²) < 4.78 is 1.11. The summed E-state index contributed by atoms with van der Waals surface area (Å²) in [6, 6.07) is 121. The van der Waals surface area contributed by atoms with E-state index in [9.17, 15) is 10.0 Å². The molecule has 432 valence electrons. The van der Waals surface area contributed by atoms with Gasteiger partial charge in [-0.2, -0.15) is 0 Å². The number of hydrogen-bond donors (Lipinski definition) is 2. The molecule has 0 fully saturated rings. The molecule has 0 saturated heterocycles. The number of rotatable bonds is 6. The molecule has 92 heavy (non-hydrogen) atoms. The summed E-state index contributed by atoms with van der Waals surface area (Å²) in [4.78, 5) is 0. The van der Waals surface area contributed by atoms with Crippen molar-refractivity contribution in [2.24, 2.45) is 0 Å². The van der Waals surface area contributed by atoms with Gasteiger partial charge < -0.3 is 10.0 Å². The van der Waals surface area contributed by atoms with Gasteiger partial charge in [0.25, 0.3) is 0 Å². The summed E-state index contributed by atoms with van der Waals surface area (Å²) in [5.41, 5.74) is 12.9. The van der Waals surface area contributed by atoms with Gasteiger partial charge in [0.1, 0.15) is 0 Å². The largest absolute Gasteiger partial charge is 0.489 e. The third-order valence-electron chi connectivity index (χ3n) is 18.4. The number of fused-ring (bicyclic) bond motifs is 12. The fraction of sp³-hybridized carbons (Fsp3) is 0. The van der Waals surface area contributed by atoms with Crippen molar-refractivity contribution in [1.29, 1.82) is 0 Å². The fourth-order valence-electron chi connectivity index (χ4n) is 14.3. The van der Waals surface area contributed by atoms with Gasteiger partial charge in [-0.3, -0.25) is 0 Å². The van der Waals surface area contributed by atoms with Gasteiger partial charge in [-0.05, 0) is 199 Å². The van der Waals surface area contributed by atoms with Crippen LogP contribution >= 0.6 is 15.9 Å². The molecule has 0 amide bonds. The predicted octanol–water partition coefficient (Wildman–Crippen LogP) is 23.4. The Kier molecular flexibility index (Phi) is 14.7. The van der Waals surface area contributed by atoms with E-state index in [1.807, 2.05) is 42.5 Å². The van der Waals surface area contributed by atoms with Crippen molar-refractivity contribution >= 4 is 136 Å². The van der Waals surface area contributed by atoms with Crippen LogP contribution in [0.3, 0.4) is 0 Å². The van der Waals surface area contributed by atoms with Crippen LogP contribution in [0.5, 0.6) is 0 Å². The molecule has 0 spiro atoms. The molecule has 0 saturated carbocycles. The lowest BCUT2D eigenvalue weighted by Gasteiger charge is -2.19. The Hall–Kier alpha value is -11.0. The van der Waals surface area contributed by atoms with Gasteiger partial charge in [0, 0.05) is 4.47 Å². The van der Waals surface area contributed by atoms with Crippen molar-refractivity contribution < 1.29 is 10.0 Å². The van der Waals surface area contributed by atoms with Crippen LogP contribution in [0.25, 0.3) is 163 Å². The highest BCUT2D eigenvalue weighted by molar-refractivity contribution is 9.10. The van der Waals surface area contributed by atoms with Gasteiger partial charge >= 0.3 is 7.12 Å². The number of hydrogen-bond acceptors (Lipinski definition) is 2. The first-order valence-electron chi connectivity index (χ1n) is 31.3. The van der Waals surface area contributed by atoms with Crippen molar-refractivity contribution in [2.75, 3.05) is 0 Å². The van der Waals surface area contributed by atoms with E-state index in [2.05, 4.69) is 313 Å². The highest BCUT2D eigenvalue weighted by Crippen LogP contribution is 2.46. The van der Waals surface area contributed by atoms with Crippen molar-refractivity contribution in [3.8, 4) is 55.6 Å². The van der Waals surface area contributed by atoms with Crippen LogP contribution < -0.4 is 5.46 Å². The van der Waals surface area contributed by atoms with Gasteiger partial charge in [0.05, 0.1) is 0 Å². The first-order chi connectivity index (χ1) is 45.4. The van der Waals surface area contributed by atoms with Crippen molar-refractivity contribution in [3.63, 3.8) is 0 Å². The highest BCUT2D eigenvalue weighted by atomic mass is 79.9. The van der Waals surface area contributed by atoms with E-state index >= 15 is 0 Å². The normalized spacial score (nSPS) is 11.4. The molecule has 0 aliphatic carbocycles. The molecule has 0 atom stereocenters. The molecule has 2 nitrogen and oxygen atoms in total. The molecule has 18 rings (SSSR count). The second-order valence-electron chi connectivity index (χ2n) is 23.7. The summed E-state index contributed by atoms with van der Waals surface area (Å²) in [5.74, 6) is 0. The lowest BCUT2D eigenvalue weighted by Crippen LogP contribution is -2.31. The van der Waals surface area contributed by atoms with Crippen LogP contribution in [-0.4, -0.2) is 17.2 Å². The van der Waals surface area contributed by atoms with E-state index in [-0.39, 0.29) is 0 Å². The maximum absolute atomic E-state index is 10.1. The first kappa shape index (κ1) is 56.3. The van der Waals surface area contributed by atoms with Gasteiger partial charge in [-0.25, -0.2) is 0 Å². The van der Waals surface area contributed by atoms with Crippen LogP contribution in [0.1, 0.15) is 0 Å². The minimum Gasteiger partial charge on any atom is -0.423 e. The topological polar surface area (TPSA) is 40.5 Å². The van der Waals surface area contributed by atoms with E-state index in [0.29, 0.717) is 5.46 Å². The predicted molar refractivity (Wildman–Crippen MR) is 399 cm³/mol. The van der Waals surface area contributed by atoms with Crippen LogP contribution in [0.15, 0.2) is 344 Å². The van der Waals surface area contributed by atoms with Crippen LogP contribution in [0.2, 0.25) is 0 Å². The summed E-state index contributed by atoms with van der Waals surface area (Å²) >= 11 is 3.54. The molecule has 18 aromatic carbocycles. The van der Waals surface area contributed by atoms with Gasteiger partial charge in [-0.15, -0.1) is 0 Å². The molecule has 0 aliphatic heterocycles. The monoisotopic (exact) mass is 1240 g/mol. The van der Waals surface area contributed by atoms with E-state index < -0.39 is 7.12 Å². The van der Waals surface area contributed by atoms with Crippen LogP contribution in [0, 0.1) is 0 Å². The molecule has 4 heteroatoms. The molecule has 0 aromatic heterocycles. The van der Waals surface area contributed by atoms with Crippen molar-refractivity contribution in [1.82, 2.24) is 0 Å². The quantitative estimate of drug-likeness (QED) is 0.0990. The van der Waals surface area contributed by atoms with Crippen LogP contribution in [-0.2, 0) is 0 Å². The Morgan fingerprint density at radius 2 is 0.489 bits per heavy atom. The lowest BCUT2D eigenvalue weighted by atomic mass is 9.72. The van der Waals surface area contributed by atoms with E-state index in [4.69, 9.17) is 0 Å². The molecule has 18 aromatic rings. The lowest BCUT2D eigenvalue weighted by molar-refractivity contribution is 0.426. The van der Waals surface area contributed by atoms with Gasteiger partial charge in [0.15, 0.2) is 0 Å². The minimum atomic E-state index is -1.53. The van der Waals surface area contributed by atoms with E-state index in [0.717, 1.165) is 37.1 Å². The molecule has 0 bridgehead atoms. The molecule has 0 radical (unpaired) electrons. The zero-order valence-electron chi connectivity index (χ0n) is 50.2. The zero-order chi connectivity index (χ0) is 61.7. The second kappa shape index (κ2) is 24.1. The number of benzene rings is 18. The standard InChI is InChI=1S/C44H28.C24H17BO2.C20H13Br/c1-4-17-36-29(11-1)13-10-22-38(36)44-41-20-7-5-18-39(41)43(40-19-6-8-21-42(40)44)34-15-9-14-31(28-34)32-25-26-37-33(27-32)24-23-30-12-2-3-16-35(30)37;26-25(27)24-21-13-5-3-11-19(21)23(20-12-4-6-14-22(20)24)18-15-7-9-16-8-1-2-10-17(16)18;21-18-6-3-5-15(13-18)16-10-11-20-17(12-16)9-8-14-4-1-2-7-19(14)20/h1-28H;1-15,26-27H;1-13H. The van der Waals surface area contributed by atoms with Crippen LogP contribution in [0.4, 0.5) is 0 Å². The summed E-state index contributed by atoms with van der Waals surface area (Å²) in [7, 11) is -1.53. The second-order valence-corrected chi connectivity index (χ2v) is 24.6. The Bertz CT molecular complexity index is 5790. The third kappa shape index (κ3) is 10.2. The summed E-state index contributed by atoms with van der Waals surface area (Å²) in [6.07, 6.45) is 0. The highest BCUT2D eigenvalue weighted by Gasteiger charge is 2.23. The fourth-order valence-corrected chi connectivity index (χ4v) is 14.7. The Morgan fingerprint density at radius 3 is 0.924 bits per heavy atom. The minimum absolute atomic E-state index is 0.560. The molecule has 0 unspecified atom stereocenters. The average Bonchev–Trinajstić information content (AvgIpc) is 0.767. The zero-order valence-corrected chi connectivity index (χ0v) is 51.8. The molecular weight excluding hydrogens is 1180 g/mol. The van der Waals surface area contributed by atoms with Crippen molar-refractivity contribution in [2.45, 2.75) is 0 Å². The smallest absolute Gasteiger partial charge is 0.423 e. The summed E-state index contributed by atoms with van der Waals surface area (Å²) in [5, 5.41) is 44.4. The third-order valence-corrected chi connectivity index (χ3v) is 18.9. The van der Waals surface area contributed by atoms with Gasteiger partial charge in [-0.1, -0.05) is 325 Å². The Morgan fingerprint density at radius 1 is 0.196 bits per heavy atom. The average molecular weight is 1240 g/mol. The Labute approximate surface area is 542 Å². The maximum atomic E-state index is 10.1. The SMILES string of the molecule is Brc1cccc(-c2ccc3c(ccc4ccccc43)c2)c1.OB(O)c1c2ccccc2c(-c2cccc3ccccc23)c2ccccc12.c1cc(-c2ccc3c(ccc4ccccc43)c2)cc(-c2c3ccccc3c(-c3cccc4ccccc34)c3ccccc23)c1. The summed E-state index contributed by atoms with van der Waals surface area (Å²) in [6.45, 7) is 0. The van der Waals surface area contributed by atoms with E-state index in [1.165, 1.54) is 131 Å². The van der Waals surface area contributed by atoms with Gasteiger partial charge in [0.2, 0.25) is 0 Å². The molecule has 0 aliphatic rings. The molecular formula is C88H58BBrO2. The maximum Gasteiger partial charge on any atom is 0.489 e. The first-order valence-corrected chi connectivity index (χ1v) is 32.1. The Balaban J connectivity index is 0.000000119. The molecule has 0 heterocycles. The molecule has 2 N–H and O–H groups in total. The van der Waals surface area contributed by atoms with Crippen molar-refractivity contribution in [3.05, 3.63) is 344 Å². The van der Waals surface area contributed by atoms with E-state index in [1.54, 1.807) is 0 Å². The number of halogens is 1.